The number of nitrogens with zero attached hydrogens (tertiary/aromatic N) is 1. The Morgan fingerprint density at radius 2 is 1.78 bits per heavy atom. The number of benzene rings is 2. The van der Waals surface area contributed by atoms with E-state index in [1.54, 1.807) is 0 Å². The molecule has 0 unspecified atom stereocenters. The Balaban J connectivity index is 1.59. The predicted octanol–water partition coefficient (Wildman–Crippen LogP) is 4.65. The number of hydrogen-bond donors (Lipinski definition) is 2. The van der Waals surface area contributed by atoms with Crippen molar-refractivity contribution in [3.8, 4) is 0 Å². The van der Waals surface area contributed by atoms with Gasteiger partial charge in [-0.3, -0.25) is 9.59 Å². The van der Waals surface area contributed by atoms with Crippen LogP contribution in [0.15, 0.2) is 36.4 Å². The first-order chi connectivity index (χ1) is 15.1. The third kappa shape index (κ3) is 4.09. The van der Waals surface area contributed by atoms with Crippen molar-refractivity contribution in [2.45, 2.75) is 56.7 Å². The van der Waals surface area contributed by atoms with Crippen molar-refractivity contribution >= 4 is 29.1 Å². The lowest BCUT2D eigenvalue weighted by Gasteiger charge is -2.39. The van der Waals surface area contributed by atoms with Crippen molar-refractivity contribution in [3.63, 3.8) is 0 Å². The second-order valence-corrected chi connectivity index (χ2v) is 8.82. The molecule has 32 heavy (non-hydrogen) atoms. The Kier molecular flexibility index (Phi) is 5.94. The number of nitrogens with one attached hydrogen (secondary N) is 1. The lowest BCUT2D eigenvalue weighted by Crippen LogP contribution is -2.53. The predicted molar refractivity (Wildman–Crippen MR) is 113 cm³/mol. The molecule has 2 aliphatic heterocycles. The van der Waals surface area contributed by atoms with Crippen LogP contribution in [-0.4, -0.2) is 40.0 Å². The van der Waals surface area contributed by atoms with E-state index in [1.165, 1.54) is 36.1 Å². The van der Waals surface area contributed by atoms with Crippen LogP contribution in [-0.2, 0) is 10.7 Å². The molecule has 4 rings (SSSR count). The van der Waals surface area contributed by atoms with Gasteiger partial charge in [-0.25, -0.2) is 4.39 Å². The normalized spacial score (nSPS) is 22.7. The first-order valence-corrected chi connectivity index (χ1v) is 10.7. The summed E-state index contributed by atoms with van der Waals surface area (Å²) in [5.74, 6) is -6.48. The van der Waals surface area contributed by atoms with Crippen LogP contribution < -0.4 is 5.32 Å². The summed E-state index contributed by atoms with van der Waals surface area (Å²) in [6.45, 7) is 1.45. The molecule has 2 aliphatic rings. The van der Waals surface area contributed by atoms with E-state index in [-0.39, 0.29) is 21.8 Å². The van der Waals surface area contributed by atoms with Gasteiger partial charge in [-0.1, -0.05) is 17.7 Å². The number of fused-ring (bicyclic) bond motifs is 2. The van der Waals surface area contributed by atoms with E-state index in [0.717, 1.165) is 12.1 Å². The summed E-state index contributed by atoms with van der Waals surface area (Å²) in [6, 6.07) is 6.52. The summed E-state index contributed by atoms with van der Waals surface area (Å²) < 4.78 is 44.1. The number of piperidine rings is 1. The number of halogens is 4. The van der Waals surface area contributed by atoms with Crippen LogP contribution in [0.2, 0.25) is 5.02 Å². The molecule has 0 aliphatic carbocycles. The minimum absolute atomic E-state index is 0.0736. The number of amides is 2. The second-order valence-electron chi connectivity index (χ2n) is 8.41. The van der Waals surface area contributed by atoms with Gasteiger partial charge in [0.15, 0.2) is 0 Å². The first-order valence-electron chi connectivity index (χ1n) is 10.3. The highest BCUT2D eigenvalue weighted by molar-refractivity contribution is 6.31. The molecule has 3 atom stereocenters. The quantitative estimate of drug-likeness (QED) is 0.689. The maximum absolute atomic E-state index is 15.4. The highest BCUT2D eigenvalue weighted by Crippen LogP contribution is 2.41. The van der Waals surface area contributed by atoms with E-state index in [1.807, 2.05) is 0 Å². The highest BCUT2D eigenvalue weighted by Gasteiger charge is 2.52. The molecule has 2 saturated heterocycles. The maximum atomic E-state index is 15.4. The molecule has 5 nitrogen and oxygen atoms in total. The largest absolute Gasteiger partial charge is 0.393 e. The number of carbonyl (C=O) groups is 2. The number of rotatable bonds is 4. The number of aryl methyl sites for hydroxylation is 1. The fraction of sp³-hybridized carbons (Fsp3) is 0.391. The highest BCUT2D eigenvalue weighted by atomic mass is 35.5. The van der Waals surface area contributed by atoms with Gasteiger partial charge < -0.3 is 15.3 Å². The molecule has 2 aromatic carbocycles. The number of aliphatic hydroxyl groups excluding tert-OH is 1. The smallest absolute Gasteiger partial charge is 0.350 e. The van der Waals surface area contributed by atoms with E-state index in [2.05, 4.69) is 5.32 Å². The SMILES string of the molecule is Cc1ccc(C(=O)Nc2ccc(F)c(Cl)c2)cc1C(F)(F)C(=O)N1[C@@H]2CC[C@H]1C[C@H](O)C2. The molecule has 0 aromatic heterocycles. The Bertz CT molecular complexity index is 1060. The lowest BCUT2D eigenvalue weighted by atomic mass is 9.95. The Morgan fingerprint density at radius 1 is 1.12 bits per heavy atom. The molecule has 0 saturated carbocycles. The van der Waals surface area contributed by atoms with Gasteiger partial charge in [0.1, 0.15) is 5.82 Å². The van der Waals surface area contributed by atoms with Crippen molar-refractivity contribution in [1.82, 2.24) is 4.90 Å². The molecule has 2 bridgehead atoms. The van der Waals surface area contributed by atoms with Crippen molar-refractivity contribution in [3.05, 3.63) is 63.9 Å². The standard InChI is InChI=1S/C23H22ClF3N2O3/c1-12-2-3-13(21(31)28-14-4-7-20(25)19(24)9-14)8-18(12)23(26,27)22(32)29-15-5-6-16(29)11-17(30)10-15/h2-4,7-9,15-17,30H,5-6,10-11H2,1H3,(H,28,31)/t15-,16+,17-. The van der Waals surface area contributed by atoms with Crippen LogP contribution in [0.5, 0.6) is 0 Å². The fourth-order valence-corrected chi connectivity index (χ4v) is 4.82. The Hall–Kier alpha value is -2.58. The summed E-state index contributed by atoms with van der Waals surface area (Å²) in [5.41, 5.74) is -0.239. The monoisotopic (exact) mass is 466 g/mol. The van der Waals surface area contributed by atoms with Crippen LogP contribution >= 0.6 is 11.6 Å². The number of hydrogen-bond acceptors (Lipinski definition) is 3. The van der Waals surface area contributed by atoms with Crippen molar-refractivity contribution < 1.29 is 27.9 Å². The van der Waals surface area contributed by atoms with E-state index < -0.39 is 47.3 Å². The zero-order valence-electron chi connectivity index (χ0n) is 17.2. The van der Waals surface area contributed by atoms with Gasteiger partial charge in [-0.15, -0.1) is 0 Å². The number of aliphatic hydroxyl groups is 1. The molecule has 170 valence electrons. The zero-order valence-corrected chi connectivity index (χ0v) is 18.0. The van der Waals surface area contributed by atoms with Gasteiger partial charge in [-0.05, 0) is 68.5 Å². The van der Waals surface area contributed by atoms with Gasteiger partial charge in [0.25, 0.3) is 11.8 Å². The van der Waals surface area contributed by atoms with Crippen molar-refractivity contribution in [1.29, 1.82) is 0 Å². The van der Waals surface area contributed by atoms with E-state index in [0.29, 0.717) is 25.7 Å². The molecule has 9 heteroatoms. The summed E-state index contributed by atoms with van der Waals surface area (Å²) >= 11 is 5.71. The molecular weight excluding hydrogens is 445 g/mol. The summed E-state index contributed by atoms with van der Waals surface area (Å²) in [5, 5.41) is 12.2. The molecule has 2 aromatic rings. The molecular formula is C23H22ClF3N2O3. The molecule has 2 N–H and O–H groups in total. The van der Waals surface area contributed by atoms with E-state index in [4.69, 9.17) is 11.6 Å². The van der Waals surface area contributed by atoms with Crippen LogP contribution in [0, 0.1) is 12.7 Å². The molecule has 0 radical (unpaired) electrons. The molecule has 0 spiro atoms. The zero-order chi connectivity index (χ0) is 23.2. The van der Waals surface area contributed by atoms with Gasteiger partial charge in [0.2, 0.25) is 0 Å². The van der Waals surface area contributed by atoms with Crippen LogP contribution in [0.3, 0.4) is 0 Å². The Morgan fingerprint density at radius 3 is 2.41 bits per heavy atom. The third-order valence-corrected chi connectivity index (χ3v) is 6.52. The van der Waals surface area contributed by atoms with E-state index in [9.17, 15) is 19.1 Å². The number of alkyl halides is 2. The van der Waals surface area contributed by atoms with Crippen molar-refractivity contribution in [2.75, 3.05) is 5.32 Å². The Labute approximate surface area is 188 Å². The summed E-state index contributed by atoms with van der Waals surface area (Å²) in [4.78, 5) is 26.8. The summed E-state index contributed by atoms with van der Waals surface area (Å²) in [7, 11) is 0. The molecule has 2 fully saturated rings. The first kappa shape index (κ1) is 22.6. The molecule has 2 heterocycles. The average Bonchev–Trinajstić information content (AvgIpc) is 3.00. The van der Waals surface area contributed by atoms with E-state index >= 15 is 8.78 Å². The van der Waals surface area contributed by atoms with Gasteiger partial charge in [-0.2, -0.15) is 8.78 Å². The topological polar surface area (TPSA) is 69.6 Å². The fourth-order valence-electron chi connectivity index (χ4n) is 4.64. The van der Waals surface area contributed by atoms with Gasteiger partial charge >= 0.3 is 5.92 Å². The minimum atomic E-state index is -3.83. The second kappa shape index (κ2) is 8.41. The third-order valence-electron chi connectivity index (χ3n) is 6.23. The number of anilines is 1. The average molecular weight is 467 g/mol. The van der Waals surface area contributed by atoms with Crippen LogP contribution in [0.4, 0.5) is 18.9 Å². The van der Waals surface area contributed by atoms with Crippen LogP contribution in [0.1, 0.15) is 47.2 Å². The maximum Gasteiger partial charge on any atom is 0.350 e. The number of carbonyl (C=O) groups excluding carboxylic acids is 2. The van der Waals surface area contributed by atoms with Crippen molar-refractivity contribution in [2.24, 2.45) is 0 Å². The van der Waals surface area contributed by atoms with Crippen LogP contribution in [0.25, 0.3) is 0 Å². The van der Waals surface area contributed by atoms with Gasteiger partial charge in [0.05, 0.1) is 11.1 Å². The van der Waals surface area contributed by atoms with Gasteiger partial charge in [0, 0.05) is 28.9 Å². The lowest BCUT2D eigenvalue weighted by molar-refractivity contribution is -0.165. The molecule has 2 amide bonds. The summed E-state index contributed by atoms with van der Waals surface area (Å²) in [6.07, 6.45) is 1.18. The minimum Gasteiger partial charge on any atom is -0.393 e.